The molecule has 1 saturated heterocycles. The van der Waals surface area contributed by atoms with E-state index in [0.29, 0.717) is 11.5 Å². The van der Waals surface area contributed by atoms with Crippen molar-refractivity contribution in [1.29, 1.82) is 0 Å². The van der Waals surface area contributed by atoms with Gasteiger partial charge < -0.3 is 24.3 Å². The van der Waals surface area contributed by atoms with Crippen LogP contribution in [0.4, 0.5) is 10.5 Å². The van der Waals surface area contributed by atoms with E-state index in [4.69, 9.17) is 15.2 Å². The Morgan fingerprint density at radius 2 is 1.84 bits per heavy atom. The highest BCUT2D eigenvalue weighted by molar-refractivity contribution is 7.85. The number of anilines is 1. The molecule has 3 rings (SSSR count). The maximum Gasteiger partial charge on any atom is 0.421 e. The van der Waals surface area contributed by atoms with Gasteiger partial charge >= 0.3 is 16.4 Å². The highest BCUT2D eigenvalue weighted by Gasteiger charge is 2.24. The number of hydrogen-bond donors (Lipinski definition) is 2. The lowest BCUT2D eigenvalue weighted by molar-refractivity contribution is 0.195. The molecule has 0 spiro atoms. The van der Waals surface area contributed by atoms with Gasteiger partial charge in [-0.05, 0) is 19.1 Å². The van der Waals surface area contributed by atoms with E-state index in [9.17, 15) is 13.2 Å². The SMILES string of the molecule is COc1cc2nccc(N3CCN(C(C)CNS(=O)(=O)OC(N)=O)CC3)c2cc1OC. The summed E-state index contributed by atoms with van der Waals surface area (Å²) in [4.78, 5) is 19.5. The van der Waals surface area contributed by atoms with Crippen LogP contribution in [0.2, 0.25) is 0 Å². The molecule has 1 aromatic carbocycles. The number of rotatable bonds is 8. The van der Waals surface area contributed by atoms with Gasteiger partial charge in [0.25, 0.3) is 0 Å². The standard InChI is InChI=1S/C19H27N5O6S/c1-13(12-22-31(26,27)30-19(20)25)23-6-8-24(9-7-23)16-4-5-21-15-11-18(29-3)17(28-2)10-14(15)16/h4-5,10-11,13,22H,6-9,12H2,1-3H3,(H2,20,25). The summed E-state index contributed by atoms with van der Waals surface area (Å²) >= 11 is 0. The smallest absolute Gasteiger partial charge is 0.421 e. The van der Waals surface area contributed by atoms with Crippen LogP contribution >= 0.6 is 0 Å². The van der Waals surface area contributed by atoms with Crippen LogP contribution < -0.4 is 24.8 Å². The summed E-state index contributed by atoms with van der Waals surface area (Å²) in [5.41, 5.74) is 6.62. The predicted octanol–water partition coefficient (Wildman–Crippen LogP) is 0.692. The molecular weight excluding hydrogens is 426 g/mol. The average Bonchev–Trinajstić information content (AvgIpc) is 2.75. The molecule has 12 heteroatoms. The minimum absolute atomic E-state index is 0.0908. The third kappa shape index (κ3) is 5.46. The molecular formula is C19H27N5O6S. The number of carbonyl (C=O) groups excluding carboxylic acids is 1. The second kappa shape index (κ2) is 9.54. The van der Waals surface area contributed by atoms with Gasteiger partial charge in [-0.2, -0.15) is 13.1 Å². The Bertz CT molecular complexity index is 1040. The van der Waals surface area contributed by atoms with Crippen molar-refractivity contribution in [2.45, 2.75) is 13.0 Å². The third-order valence-electron chi connectivity index (χ3n) is 5.25. The number of amides is 1. The first-order valence-corrected chi connectivity index (χ1v) is 11.1. The first kappa shape index (κ1) is 22.8. The lowest BCUT2D eigenvalue weighted by atomic mass is 10.1. The molecule has 1 aliphatic rings. The van der Waals surface area contributed by atoms with E-state index in [-0.39, 0.29) is 12.6 Å². The molecule has 1 atom stereocenters. The highest BCUT2D eigenvalue weighted by atomic mass is 32.2. The van der Waals surface area contributed by atoms with Crippen molar-refractivity contribution in [2.24, 2.45) is 5.73 Å². The molecule has 0 saturated carbocycles. The Balaban J connectivity index is 1.67. The summed E-state index contributed by atoms with van der Waals surface area (Å²) in [5.74, 6) is 1.27. The fourth-order valence-corrected chi connectivity index (χ4v) is 4.35. The number of ether oxygens (including phenoxy) is 2. The molecule has 1 unspecified atom stereocenters. The van der Waals surface area contributed by atoms with E-state index in [1.165, 1.54) is 0 Å². The number of hydrogen-bond acceptors (Lipinski definition) is 9. The number of nitrogens with one attached hydrogen (secondary N) is 1. The molecule has 0 radical (unpaired) electrons. The maximum absolute atomic E-state index is 11.6. The van der Waals surface area contributed by atoms with E-state index in [1.54, 1.807) is 20.4 Å². The molecule has 1 aromatic heterocycles. The number of nitrogens with two attached hydrogens (primary N) is 1. The van der Waals surface area contributed by atoms with E-state index in [0.717, 1.165) is 42.8 Å². The zero-order valence-electron chi connectivity index (χ0n) is 17.7. The quantitative estimate of drug-likeness (QED) is 0.591. The second-order valence-electron chi connectivity index (χ2n) is 7.13. The van der Waals surface area contributed by atoms with Crippen LogP contribution in [-0.4, -0.2) is 77.4 Å². The van der Waals surface area contributed by atoms with Crippen LogP contribution in [0.5, 0.6) is 11.5 Å². The van der Waals surface area contributed by atoms with E-state index < -0.39 is 16.4 Å². The van der Waals surface area contributed by atoms with Gasteiger partial charge in [0.15, 0.2) is 11.5 Å². The van der Waals surface area contributed by atoms with Gasteiger partial charge in [0.1, 0.15) is 0 Å². The number of primary amides is 1. The van der Waals surface area contributed by atoms with Crippen molar-refractivity contribution in [2.75, 3.05) is 51.8 Å². The molecule has 1 aliphatic heterocycles. The summed E-state index contributed by atoms with van der Waals surface area (Å²) in [6, 6.07) is 5.67. The summed E-state index contributed by atoms with van der Waals surface area (Å²) < 4.78 is 40.3. The second-order valence-corrected chi connectivity index (χ2v) is 8.50. The summed E-state index contributed by atoms with van der Waals surface area (Å²) in [6.07, 6.45) is 0.402. The first-order valence-electron chi connectivity index (χ1n) is 9.72. The summed E-state index contributed by atoms with van der Waals surface area (Å²) in [6.45, 7) is 4.98. The van der Waals surface area contributed by atoms with Crippen molar-refractivity contribution in [3.63, 3.8) is 0 Å². The molecule has 0 aliphatic carbocycles. The largest absolute Gasteiger partial charge is 0.493 e. The van der Waals surface area contributed by atoms with Gasteiger partial charge in [0, 0.05) is 62.1 Å². The molecule has 1 fully saturated rings. The Kier molecular flexibility index (Phi) is 7.03. The van der Waals surface area contributed by atoms with Crippen molar-refractivity contribution in [3.05, 3.63) is 24.4 Å². The van der Waals surface area contributed by atoms with E-state index in [2.05, 4.69) is 23.7 Å². The maximum atomic E-state index is 11.6. The van der Waals surface area contributed by atoms with Crippen LogP contribution in [0.3, 0.4) is 0 Å². The fourth-order valence-electron chi connectivity index (χ4n) is 3.63. The normalized spacial score (nSPS) is 16.2. The molecule has 170 valence electrons. The summed E-state index contributed by atoms with van der Waals surface area (Å²) in [7, 11) is -1.00. The van der Waals surface area contributed by atoms with Gasteiger partial charge in [-0.15, -0.1) is 0 Å². The highest BCUT2D eigenvalue weighted by Crippen LogP contribution is 2.35. The Morgan fingerprint density at radius 3 is 2.45 bits per heavy atom. The van der Waals surface area contributed by atoms with Crippen LogP contribution in [0.15, 0.2) is 24.4 Å². The lowest BCUT2D eigenvalue weighted by Crippen LogP contribution is -2.52. The number of methoxy groups -OCH3 is 2. The number of nitrogens with zero attached hydrogens (tertiary/aromatic N) is 3. The Hall–Kier alpha value is -2.83. The first-order chi connectivity index (χ1) is 14.7. The number of fused-ring (bicyclic) bond motifs is 1. The Labute approximate surface area is 181 Å². The van der Waals surface area contributed by atoms with Crippen LogP contribution in [0.25, 0.3) is 10.9 Å². The number of carbonyl (C=O) groups is 1. The zero-order chi connectivity index (χ0) is 22.6. The number of piperazine rings is 1. The van der Waals surface area contributed by atoms with Crippen molar-refractivity contribution < 1.29 is 26.9 Å². The topological polar surface area (TPSA) is 136 Å². The average molecular weight is 454 g/mol. The lowest BCUT2D eigenvalue weighted by Gasteiger charge is -2.39. The fraction of sp³-hybridized carbons (Fsp3) is 0.474. The molecule has 2 aromatic rings. The minimum atomic E-state index is -4.20. The van der Waals surface area contributed by atoms with Gasteiger partial charge in [-0.1, -0.05) is 0 Å². The zero-order valence-corrected chi connectivity index (χ0v) is 18.5. The predicted molar refractivity (Wildman–Crippen MR) is 116 cm³/mol. The molecule has 0 bridgehead atoms. The van der Waals surface area contributed by atoms with E-state index in [1.807, 2.05) is 25.1 Å². The van der Waals surface area contributed by atoms with Crippen molar-refractivity contribution >= 4 is 33.0 Å². The van der Waals surface area contributed by atoms with Gasteiger partial charge in [-0.25, -0.2) is 4.79 Å². The van der Waals surface area contributed by atoms with Gasteiger partial charge in [0.05, 0.1) is 19.7 Å². The number of benzene rings is 1. The van der Waals surface area contributed by atoms with Crippen molar-refractivity contribution in [3.8, 4) is 11.5 Å². The monoisotopic (exact) mass is 453 g/mol. The third-order valence-corrected chi connectivity index (χ3v) is 6.15. The minimum Gasteiger partial charge on any atom is -0.493 e. The van der Waals surface area contributed by atoms with Crippen LogP contribution in [0, 0.1) is 0 Å². The van der Waals surface area contributed by atoms with Crippen molar-refractivity contribution in [1.82, 2.24) is 14.6 Å². The molecule has 1 amide bonds. The van der Waals surface area contributed by atoms with Crippen LogP contribution in [-0.2, 0) is 14.5 Å². The van der Waals surface area contributed by atoms with E-state index >= 15 is 0 Å². The van der Waals surface area contributed by atoms with Crippen LogP contribution in [0.1, 0.15) is 6.92 Å². The van der Waals surface area contributed by atoms with Gasteiger partial charge in [-0.3, -0.25) is 9.88 Å². The molecule has 2 heterocycles. The molecule has 11 nitrogen and oxygen atoms in total. The summed E-state index contributed by atoms with van der Waals surface area (Å²) in [5, 5.41) is 0.970. The number of aromatic nitrogens is 1. The van der Waals surface area contributed by atoms with Gasteiger partial charge in [0.2, 0.25) is 0 Å². The molecule has 31 heavy (non-hydrogen) atoms. The Morgan fingerprint density at radius 1 is 1.19 bits per heavy atom. The number of pyridine rings is 1. The molecule has 3 N–H and O–H groups in total.